The summed E-state index contributed by atoms with van der Waals surface area (Å²) in [6.45, 7) is 0. The number of para-hydroxylation sites is 2. The minimum atomic E-state index is -2.00. The van der Waals surface area contributed by atoms with Crippen molar-refractivity contribution >= 4 is 63.8 Å². The molecule has 0 saturated carbocycles. The first-order valence-electron chi connectivity index (χ1n) is 5.75. The Kier molecular flexibility index (Phi) is 3.63. The Labute approximate surface area is 135 Å². The molecule has 102 valence electrons. The first-order valence-corrected chi connectivity index (χ1v) is 7.71. The predicted molar refractivity (Wildman–Crippen MR) is 84.4 cm³/mol. The van der Waals surface area contributed by atoms with E-state index in [1.54, 1.807) is 11.8 Å². The summed E-state index contributed by atoms with van der Waals surface area (Å²) in [5.41, 5.74) is 1.46. The van der Waals surface area contributed by atoms with Crippen LogP contribution in [0.1, 0.15) is 0 Å². The highest BCUT2D eigenvalue weighted by molar-refractivity contribution is 7.99. The number of alkyl halides is 3. The van der Waals surface area contributed by atoms with Crippen LogP contribution in [0.2, 0.25) is 0 Å². The second-order valence-corrected chi connectivity index (χ2v) is 7.54. The van der Waals surface area contributed by atoms with Crippen LogP contribution in [0.3, 0.4) is 0 Å². The van der Waals surface area contributed by atoms with Crippen LogP contribution in [0, 0.1) is 0 Å². The van der Waals surface area contributed by atoms with E-state index >= 15 is 0 Å². The maximum atomic E-state index is 12.5. The summed E-state index contributed by atoms with van der Waals surface area (Å²) in [6, 6.07) is 15.1. The number of fused-ring (bicyclic) bond motifs is 2. The zero-order valence-electron chi connectivity index (χ0n) is 10.0. The highest BCUT2D eigenvalue weighted by atomic mass is 35.6. The van der Waals surface area contributed by atoms with Crippen molar-refractivity contribution in [2.24, 2.45) is 0 Å². The van der Waals surface area contributed by atoms with Gasteiger partial charge in [-0.25, -0.2) is 0 Å². The first-order chi connectivity index (χ1) is 9.48. The van der Waals surface area contributed by atoms with Crippen LogP contribution in [-0.4, -0.2) is 9.70 Å². The van der Waals surface area contributed by atoms with Crippen molar-refractivity contribution in [2.75, 3.05) is 4.90 Å². The number of amides is 1. The quantitative estimate of drug-likeness (QED) is 0.613. The fraction of sp³-hybridized carbons (Fsp3) is 0.0714. The van der Waals surface area contributed by atoms with Crippen molar-refractivity contribution in [3.63, 3.8) is 0 Å². The Hall–Kier alpha value is -0.870. The van der Waals surface area contributed by atoms with E-state index in [4.69, 9.17) is 34.8 Å². The summed E-state index contributed by atoms with van der Waals surface area (Å²) in [5, 5.41) is 0. The number of anilines is 2. The second kappa shape index (κ2) is 5.15. The molecule has 2 aromatic carbocycles. The molecule has 1 aliphatic heterocycles. The summed E-state index contributed by atoms with van der Waals surface area (Å²) in [4.78, 5) is 15.8. The molecule has 2 nitrogen and oxygen atoms in total. The average Bonchev–Trinajstić information content (AvgIpc) is 2.43. The number of carbonyl (C=O) groups is 1. The fourth-order valence-corrected chi connectivity index (χ4v) is 3.36. The molecule has 6 heteroatoms. The predicted octanol–water partition coefficient (Wildman–Crippen LogP) is 5.19. The van der Waals surface area contributed by atoms with E-state index in [0.29, 0.717) is 0 Å². The van der Waals surface area contributed by atoms with E-state index in [1.807, 2.05) is 48.5 Å². The SMILES string of the molecule is O=C(N1c2ccccc2Sc2ccccc21)C(Cl)(Cl)Cl. The fourth-order valence-electron chi connectivity index (χ4n) is 2.05. The lowest BCUT2D eigenvalue weighted by Crippen LogP contribution is -2.37. The van der Waals surface area contributed by atoms with Crippen LogP contribution in [0.15, 0.2) is 58.3 Å². The van der Waals surface area contributed by atoms with Crippen LogP contribution in [0.4, 0.5) is 11.4 Å². The molecule has 0 radical (unpaired) electrons. The van der Waals surface area contributed by atoms with E-state index in [2.05, 4.69) is 0 Å². The molecule has 0 fully saturated rings. The van der Waals surface area contributed by atoms with Crippen molar-refractivity contribution in [1.82, 2.24) is 0 Å². The van der Waals surface area contributed by atoms with E-state index in [9.17, 15) is 4.79 Å². The molecule has 1 heterocycles. The summed E-state index contributed by atoms with van der Waals surface area (Å²) >= 11 is 18.9. The Balaban J connectivity index is 2.20. The van der Waals surface area contributed by atoms with Gasteiger partial charge in [0.25, 0.3) is 9.70 Å². The van der Waals surface area contributed by atoms with Gasteiger partial charge < -0.3 is 0 Å². The topological polar surface area (TPSA) is 20.3 Å². The standard InChI is InChI=1S/C14H8Cl3NOS/c15-14(16,17)13(19)18-9-5-1-3-7-11(9)20-12-8-4-2-6-10(12)18/h1-8H. The maximum Gasteiger partial charge on any atom is 0.283 e. The molecule has 0 N–H and O–H groups in total. The summed E-state index contributed by atoms with van der Waals surface area (Å²) in [6.07, 6.45) is 0. The van der Waals surface area contributed by atoms with E-state index in [0.717, 1.165) is 21.2 Å². The molecular formula is C14H8Cl3NOS. The zero-order valence-corrected chi connectivity index (χ0v) is 13.1. The molecule has 0 bridgehead atoms. The molecule has 0 unspecified atom stereocenters. The van der Waals surface area contributed by atoms with Crippen LogP contribution < -0.4 is 4.90 Å². The average molecular weight is 345 g/mol. The van der Waals surface area contributed by atoms with Gasteiger partial charge in [0.15, 0.2) is 0 Å². The highest BCUT2D eigenvalue weighted by Gasteiger charge is 2.39. The second-order valence-electron chi connectivity index (χ2n) is 4.18. The minimum absolute atomic E-state index is 0.581. The molecule has 3 rings (SSSR count). The third-order valence-electron chi connectivity index (χ3n) is 2.88. The van der Waals surface area contributed by atoms with Gasteiger partial charge >= 0.3 is 0 Å². The lowest BCUT2D eigenvalue weighted by Gasteiger charge is -2.32. The number of hydrogen-bond donors (Lipinski definition) is 0. The first kappa shape index (κ1) is 14.1. The number of hydrogen-bond acceptors (Lipinski definition) is 2. The monoisotopic (exact) mass is 343 g/mol. The Morgan fingerprint density at radius 2 is 1.35 bits per heavy atom. The molecule has 0 aromatic heterocycles. The zero-order chi connectivity index (χ0) is 14.3. The van der Waals surface area contributed by atoms with Gasteiger partial charge in [-0.2, -0.15) is 0 Å². The maximum absolute atomic E-state index is 12.5. The van der Waals surface area contributed by atoms with Crippen LogP contribution in [0.5, 0.6) is 0 Å². The largest absolute Gasteiger partial charge is 0.283 e. The summed E-state index contributed by atoms with van der Waals surface area (Å²) < 4.78 is -2.00. The molecule has 20 heavy (non-hydrogen) atoms. The van der Waals surface area contributed by atoms with Crippen LogP contribution in [-0.2, 0) is 4.79 Å². The van der Waals surface area contributed by atoms with Crippen molar-refractivity contribution in [3.8, 4) is 0 Å². The summed E-state index contributed by atoms with van der Waals surface area (Å²) in [5.74, 6) is -0.581. The van der Waals surface area contributed by atoms with Gasteiger partial charge in [-0.05, 0) is 24.3 Å². The van der Waals surface area contributed by atoms with Crippen molar-refractivity contribution in [1.29, 1.82) is 0 Å². The Bertz CT molecular complexity index is 639. The third-order valence-corrected chi connectivity index (χ3v) is 4.49. The lowest BCUT2D eigenvalue weighted by molar-refractivity contribution is -0.117. The molecule has 1 aliphatic rings. The normalized spacial score (nSPS) is 13.7. The van der Waals surface area contributed by atoms with Crippen molar-refractivity contribution in [3.05, 3.63) is 48.5 Å². The molecule has 1 amide bonds. The van der Waals surface area contributed by atoms with Crippen LogP contribution in [0.25, 0.3) is 0 Å². The van der Waals surface area contributed by atoms with Crippen molar-refractivity contribution in [2.45, 2.75) is 13.6 Å². The van der Waals surface area contributed by atoms with Gasteiger partial charge in [0.1, 0.15) is 0 Å². The highest BCUT2D eigenvalue weighted by Crippen LogP contribution is 2.49. The number of benzene rings is 2. The molecule has 0 aliphatic carbocycles. The van der Waals surface area contributed by atoms with E-state index in [-0.39, 0.29) is 0 Å². The van der Waals surface area contributed by atoms with Gasteiger partial charge in [0.2, 0.25) is 0 Å². The minimum Gasteiger partial charge on any atom is -0.275 e. The molecular weight excluding hydrogens is 337 g/mol. The number of rotatable bonds is 0. The van der Waals surface area contributed by atoms with Gasteiger partial charge in [-0.3, -0.25) is 9.69 Å². The summed E-state index contributed by atoms with van der Waals surface area (Å²) in [7, 11) is 0. The Morgan fingerprint density at radius 1 is 0.900 bits per heavy atom. The molecule has 0 atom stereocenters. The number of halogens is 3. The van der Waals surface area contributed by atoms with Gasteiger partial charge in [0, 0.05) is 9.79 Å². The lowest BCUT2D eigenvalue weighted by atomic mass is 10.2. The van der Waals surface area contributed by atoms with Gasteiger partial charge in [0.05, 0.1) is 11.4 Å². The van der Waals surface area contributed by atoms with E-state index in [1.165, 1.54) is 4.90 Å². The third kappa shape index (κ3) is 2.40. The van der Waals surface area contributed by atoms with Crippen molar-refractivity contribution < 1.29 is 4.79 Å². The van der Waals surface area contributed by atoms with E-state index < -0.39 is 9.70 Å². The van der Waals surface area contributed by atoms with Gasteiger partial charge in [-0.15, -0.1) is 0 Å². The van der Waals surface area contributed by atoms with Gasteiger partial charge in [-0.1, -0.05) is 70.8 Å². The molecule has 0 spiro atoms. The number of nitrogens with zero attached hydrogens (tertiary/aromatic N) is 1. The molecule has 2 aromatic rings. The van der Waals surface area contributed by atoms with Crippen LogP contribution >= 0.6 is 46.6 Å². The Morgan fingerprint density at radius 3 is 1.80 bits per heavy atom. The molecule has 0 saturated heterocycles. The number of carbonyl (C=O) groups excluding carboxylic acids is 1. The smallest absolute Gasteiger partial charge is 0.275 e.